The van der Waals surface area contributed by atoms with Crippen molar-refractivity contribution in [2.45, 2.75) is 75.2 Å². The summed E-state index contributed by atoms with van der Waals surface area (Å²) in [6.07, 6.45) is 9.68. The number of aliphatic hydroxyl groups excluding tert-OH is 1. The minimum absolute atomic E-state index is 0.119. The summed E-state index contributed by atoms with van der Waals surface area (Å²) in [5.74, 6) is 7.26. The first-order valence-corrected chi connectivity index (χ1v) is 18.1. The molecule has 1 fully saturated rings. The van der Waals surface area contributed by atoms with Gasteiger partial charge in [-0.2, -0.15) is 0 Å². The standard InChI is InChI=1S/C36H45ClN2O5S/c1-25-7-4-16-36(43-3,17-6-18-40)32-12-10-29(32)22-39-23-35(15-5-8-28-20-30(37)11-13-31(28)35)24-44-34-14-9-27(19-33(34)39)21-38-45(41,42)26(25)2/h4,9,11,13-14,16,19-20,25-26,29,32,38,40H,5,7-8,10,12,15,18,21-24H2,1-3H3/b16-4+/t25-,26+,29-,32+,35-,36+/m0/s1. The fourth-order valence-electron chi connectivity index (χ4n) is 7.88. The van der Waals surface area contributed by atoms with E-state index in [9.17, 15) is 13.5 Å². The topological polar surface area (TPSA) is 88.1 Å². The molecule has 2 bridgehead atoms. The largest absolute Gasteiger partial charge is 0.490 e. The molecule has 7 nitrogen and oxygen atoms in total. The Labute approximate surface area is 273 Å². The number of hydrogen-bond acceptors (Lipinski definition) is 6. The molecule has 45 heavy (non-hydrogen) atoms. The number of aliphatic hydroxyl groups is 1. The van der Waals surface area contributed by atoms with Crippen molar-refractivity contribution < 1.29 is 23.0 Å². The molecule has 2 aromatic carbocycles. The van der Waals surface area contributed by atoms with Crippen LogP contribution in [-0.2, 0) is 33.1 Å². The van der Waals surface area contributed by atoms with E-state index in [2.05, 4.69) is 39.7 Å². The molecule has 4 aliphatic rings. The molecule has 9 heteroatoms. The number of nitrogens with one attached hydrogen (secondary N) is 1. The van der Waals surface area contributed by atoms with E-state index >= 15 is 0 Å². The van der Waals surface area contributed by atoms with E-state index in [0.29, 0.717) is 18.9 Å². The number of fused-ring (bicyclic) bond motifs is 4. The van der Waals surface area contributed by atoms with Gasteiger partial charge in [-0.25, -0.2) is 13.1 Å². The molecular formula is C36H45ClN2O5S. The molecule has 2 aliphatic carbocycles. The van der Waals surface area contributed by atoms with Crippen molar-refractivity contribution >= 4 is 27.3 Å². The maximum atomic E-state index is 13.4. The molecule has 0 unspecified atom stereocenters. The molecule has 6 rings (SSSR count). The van der Waals surface area contributed by atoms with Crippen LogP contribution in [0.4, 0.5) is 5.69 Å². The second kappa shape index (κ2) is 12.9. The first-order chi connectivity index (χ1) is 21.6. The molecule has 0 aromatic heterocycles. The lowest BCUT2D eigenvalue weighted by molar-refractivity contribution is -0.0351. The zero-order valence-corrected chi connectivity index (χ0v) is 28.1. The number of nitrogens with zero attached hydrogens (tertiary/aromatic N) is 1. The quantitative estimate of drug-likeness (QED) is 0.307. The van der Waals surface area contributed by atoms with E-state index < -0.39 is 20.9 Å². The summed E-state index contributed by atoms with van der Waals surface area (Å²) < 4.78 is 42.5. The average molecular weight is 653 g/mol. The van der Waals surface area contributed by atoms with Crippen LogP contribution in [0.3, 0.4) is 0 Å². The Balaban J connectivity index is 1.45. The molecule has 0 saturated heterocycles. The molecule has 1 spiro atoms. The molecule has 242 valence electrons. The van der Waals surface area contributed by atoms with Gasteiger partial charge < -0.3 is 19.5 Å². The van der Waals surface area contributed by atoms with E-state index in [1.165, 1.54) is 11.1 Å². The third kappa shape index (κ3) is 6.27. The summed E-state index contributed by atoms with van der Waals surface area (Å²) >= 11 is 6.44. The molecular weight excluding hydrogens is 608 g/mol. The van der Waals surface area contributed by atoms with E-state index in [-0.39, 0.29) is 30.4 Å². The number of hydrogen-bond donors (Lipinski definition) is 2. The highest BCUT2D eigenvalue weighted by atomic mass is 35.5. The number of allylic oxidation sites excluding steroid dienone is 1. The van der Waals surface area contributed by atoms with Crippen LogP contribution in [0.1, 0.15) is 62.6 Å². The number of halogens is 1. The zero-order valence-electron chi connectivity index (χ0n) is 26.5. The Morgan fingerprint density at radius 1 is 1.20 bits per heavy atom. The predicted octanol–water partition coefficient (Wildman–Crippen LogP) is 5.62. The zero-order chi connectivity index (χ0) is 31.8. The Morgan fingerprint density at radius 2 is 2.04 bits per heavy atom. The molecule has 2 N–H and O–H groups in total. The Hall–Kier alpha value is -2.54. The number of rotatable bonds is 1. The summed E-state index contributed by atoms with van der Waals surface area (Å²) in [7, 11) is -1.89. The van der Waals surface area contributed by atoms with Crippen LogP contribution < -0.4 is 14.4 Å². The highest BCUT2D eigenvalue weighted by Crippen LogP contribution is 2.49. The van der Waals surface area contributed by atoms with Crippen molar-refractivity contribution in [2.75, 3.05) is 38.3 Å². The second-order valence-electron chi connectivity index (χ2n) is 13.5. The van der Waals surface area contributed by atoms with E-state index in [4.69, 9.17) is 21.1 Å². The second-order valence-corrected chi connectivity index (χ2v) is 16.1. The van der Waals surface area contributed by atoms with Gasteiger partial charge in [0.1, 0.15) is 18.0 Å². The van der Waals surface area contributed by atoms with Crippen LogP contribution in [0.25, 0.3) is 0 Å². The highest BCUT2D eigenvalue weighted by molar-refractivity contribution is 7.90. The summed E-state index contributed by atoms with van der Waals surface area (Å²) in [4.78, 5) is 2.47. The first-order valence-electron chi connectivity index (χ1n) is 16.2. The maximum Gasteiger partial charge on any atom is 0.214 e. The van der Waals surface area contributed by atoms with Crippen LogP contribution in [0.15, 0.2) is 48.6 Å². The van der Waals surface area contributed by atoms with Crippen molar-refractivity contribution in [3.63, 3.8) is 0 Å². The van der Waals surface area contributed by atoms with Crippen molar-refractivity contribution in [2.24, 2.45) is 17.8 Å². The smallest absolute Gasteiger partial charge is 0.214 e. The summed E-state index contributed by atoms with van der Waals surface area (Å²) in [6.45, 7) is 5.82. The van der Waals surface area contributed by atoms with Gasteiger partial charge in [0.25, 0.3) is 0 Å². The molecule has 0 radical (unpaired) electrons. The number of anilines is 1. The van der Waals surface area contributed by atoms with Crippen LogP contribution >= 0.6 is 11.6 Å². The maximum absolute atomic E-state index is 13.4. The molecule has 0 amide bonds. The van der Waals surface area contributed by atoms with Gasteiger partial charge in [-0.15, -0.1) is 0 Å². The average Bonchev–Trinajstić information content (AvgIpc) is 3.16. The molecule has 1 saturated carbocycles. The van der Waals surface area contributed by atoms with Crippen molar-refractivity contribution in [1.29, 1.82) is 0 Å². The molecule has 2 aromatic rings. The lowest BCUT2D eigenvalue weighted by Gasteiger charge is -2.48. The highest BCUT2D eigenvalue weighted by Gasteiger charge is 2.48. The third-order valence-corrected chi connectivity index (χ3v) is 13.1. The minimum Gasteiger partial charge on any atom is -0.490 e. The SMILES string of the molecule is CO[C@@]1(C#CCO)/C=C/C[C@H](C)[C@@H](C)S(=O)(=O)NCc2ccc3c(c2)N(C[C@@H]2CC[C@H]21)C[C@@]1(CCCc2cc(Cl)ccc21)CO3. The normalized spacial score (nSPS) is 33.3. The van der Waals surface area contributed by atoms with Gasteiger partial charge in [-0.1, -0.05) is 48.6 Å². The summed E-state index contributed by atoms with van der Waals surface area (Å²) in [5.41, 5.74) is 3.41. The number of methoxy groups -OCH3 is 1. The van der Waals surface area contributed by atoms with Gasteiger partial charge in [0.2, 0.25) is 10.0 Å². The number of sulfonamides is 1. The van der Waals surface area contributed by atoms with Gasteiger partial charge in [0, 0.05) is 43.1 Å². The van der Waals surface area contributed by atoms with Gasteiger partial charge in [0.15, 0.2) is 0 Å². The predicted molar refractivity (Wildman–Crippen MR) is 179 cm³/mol. The monoisotopic (exact) mass is 652 g/mol. The van der Waals surface area contributed by atoms with Gasteiger partial charge in [-0.3, -0.25) is 0 Å². The van der Waals surface area contributed by atoms with E-state index in [0.717, 1.165) is 67.2 Å². The lowest BCUT2D eigenvalue weighted by atomic mass is 9.64. The first kappa shape index (κ1) is 32.4. The number of benzene rings is 2. The fourth-order valence-corrected chi connectivity index (χ4v) is 9.43. The van der Waals surface area contributed by atoms with Crippen LogP contribution in [0, 0.1) is 29.6 Å². The van der Waals surface area contributed by atoms with Crippen molar-refractivity contribution in [3.05, 3.63) is 70.3 Å². The van der Waals surface area contributed by atoms with Crippen LogP contribution in [0.2, 0.25) is 5.02 Å². The van der Waals surface area contributed by atoms with Crippen molar-refractivity contribution in [1.82, 2.24) is 4.72 Å². The van der Waals surface area contributed by atoms with Crippen LogP contribution in [0.5, 0.6) is 5.75 Å². The van der Waals surface area contributed by atoms with E-state index in [1.54, 1.807) is 14.0 Å². The number of ether oxygens (including phenoxy) is 2. The molecule has 6 atom stereocenters. The van der Waals surface area contributed by atoms with E-state index in [1.807, 2.05) is 37.3 Å². The van der Waals surface area contributed by atoms with Gasteiger partial charge >= 0.3 is 0 Å². The van der Waals surface area contributed by atoms with Gasteiger partial charge in [0.05, 0.1) is 17.5 Å². The van der Waals surface area contributed by atoms with Gasteiger partial charge in [-0.05, 0) is 104 Å². The fraction of sp³-hybridized carbons (Fsp3) is 0.556. The lowest BCUT2D eigenvalue weighted by Crippen LogP contribution is -2.52. The number of aryl methyl sites for hydroxylation is 1. The van der Waals surface area contributed by atoms with Crippen molar-refractivity contribution in [3.8, 4) is 17.6 Å². The Morgan fingerprint density at radius 3 is 2.80 bits per heavy atom. The summed E-state index contributed by atoms with van der Waals surface area (Å²) in [5, 5.41) is 9.82. The molecule has 2 heterocycles. The minimum atomic E-state index is -3.58. The molecule has 2 aliphatic heterocycles. The third-order valence-electron chi connectivity index (χ3n) is 10.9. The Kier molecular flexibility index (Phi) is 9.31. The Bertz CT molecular complexity index is 1620. The van der Waals surface area contributed by atoms with Crippen LogP contribution in [-0.4, -0.2) is 57.8 Å². The summed E-state index contributed by atoms with van der Waals surface area (Å²) in [6, 6.07) is 12.4.